The topological polar surface area (TPSA) is 60.3 Å². The summed E-state index contributed by atoms with van der Waals surface area (Å²) in [5, 5.41) is 0. The van der Waals surface area contributed by atoms with Crippen LogP contribution in [0, 0.1) is 0 Å². The number of rotatable bonds is 8. The van der Waals surface area contributed by atoms with E-state index in [1.165, 1.54) is 21.6 Å². The molecule has 26 heavy (non-hydrogen) atoms. The first-order chi connectivity index (χ1) is 12.4. The van der Waals surface area contributed by atoms with Gasteiger partial charge in [-0.2, -0.15) is 0 Å². The first kappa shape index (κ1) is 20.4. The van der Waals surface area contributed by atoms with Crippen LogP contribution in [-0.4, -0.2) is 61.5 Å². The van der Waals surface area contributed by atoms with E-state index < -0.39 is 5.97 Å². The first-order valence-electron chi connectivity index (χ1n) is 8.33. The molecule has 8 heteroatoms. The number of carbonyl (C=O) groups excluding carboxylic acids is 2. The fourth-order valence-electron chi connectivity index (χ4n) is 2.16. The second-order valence-corrected chi connectivity index (χ2v) is 7.62. The summed E-state index contributed by atoms with van der Waals surface area (Å²) in [5.41, 5.74) is 0.866. The Balaban J connectivity index is 1.97. The summed E-state index contributed by atoms with van der Waals surface area (Å²) in [6, 6.07) is 7.44. The van der Waals surface area contributed by atoms with Crippen molar-refractivity contribution in [1.82, 2.24) is 4.90 Å². The quantitative estimate of drug-likeness (QED) is 0.402. The van der Waals surface area contributed by atoms with Crippen LogP contribution < -0.4 is 9.64 Å². The number of likely N-dealkylation sites (N-methyl/N-ethyl adjacent to an activating group) is 1. The van der Waals surface area contributed by atoms with Crippen LogP contribution in [0.1, 0.15) is 12.5 Å². The highest BCUT2D eigenvalue weighted by Gasteiger charge is 2.33. The average molecular weight is 396 g/mol. The third-order valence-corrected chi connectivity index (χ3v) is 4.89. The molecule has 1 aliphatic rings. The average Bonchev–Trinajstić information content (AvgIpc) is 2.84. The van der Waals surface area contributed by atoms with Gasteiger partial charge < -0.3 is 14.4 Å². The monoisotopic (exact) mass is 395 g/mol. The van der Waals surface area contributed by atoms with Crippen molar-refractivity contribution in [1.29, 1.82) is 0 Å². The number of amides is 1. The summed E-state index contributed by atoms with van der Waals surface area (Å²) in [7, 11) is 3.95. The van der Waals surface area contributed by atoms with Crippen molar-refractivity contribution < 1.29 is 24.0 Å². The summed E-state index contributed by atoms with van der Waals surface area (Å²) in [4.78, 5) is 27.4. The van der Waals surface area contributed by atoms with Crippen molar-refractivity contribution >= 4 is 46.3 Å². The number of ether oxygens (including phenoxy) is 2. The van der Waals surface area contributed by atoms with Crippen LogP contribution in [0.3, 0.4) is 0 Å². The molecule has 0 aliphatic carbocycles. The van der Waals surface area contributed by atoms with Gasteiger partial charge in [0, 0.05) is 0 Å². The summed E-state index contributed by atoms with van der Waals surface area (Å²) < 4.78 is 10.9. The molecule has 140 valence electrons. The van der Waals surface area contributed by atoms with E-state index in [9.17, 15) is 9.59 Å². The number of nitrogens with one attached hydrogen (secondary N) is 1. The molecule has 1 saturated heterocycles. The van der Waals surface area contributed by atoms with Crippen LogP contribution >= 0.6 is 24.0 Å². The number of quaternary nitrogens is 1. The summed E-state index contributed by atoms with van der Waals surface area (Å²) in [6.07, 6.45) is 1.76. The predicted octanol–water partition coefficient (Wildman–Crippen LogP) is 0.974. The standard InChI is InChI=1S/C18H22N2O4S2/c1-4-23-14-7-5-13(6-8-14)11-15-17(22)20(18(25)26-15)12-16(21)24-10-9-19(2)3/h5-8,11H,4,9-10,12H2,1-3H3/p+1/b15-11-. The Hall–Kier alpha value is -1.90. The van der Waals surface area contributed by atoms with E-state index in [0.29, 0.717) is 29.0 Å². The second kappa shape index (κ2) is 9.70. The Bertz CT molecular complexity index is 702. The molecule has 0 radical (unpaired) electrons. The summed E-state index contributed by atoms with van der Waals surface area (Å²) in [5.74, 6) is 0.0495. The third kappa shape index (κ3) is 5.82. The third-order valence-electron chi connectivity index (χ3n) is 3.51. The van der Waals surface area contributed by atoms with Crippen LogP contribution in [0.15, 0.2) is 29.2 Å². The van der Waals surface area contributed by atoms with Crippen molar-refractivity contribution in [3.05, 3.63) is 34.7 Å². The number of carbonyl (C=O) groups is 2. The number of thiocarbonyl (C=S) groups is 1. The van der Waals surface area contributed by atoms with Gasteiger partial charge in [0.25, 0.3) is 5.91 Å². The number of thioether (sulfide) groups is 1. The fraction of sp³-hybridized carbons (Fsp3) is 0.389. The number of hydrogen-bond acceptors (Lipinski definition) is 6. The van der Waals surface area contributed by atoms with Crippen LogP contribution in [0.5, 0.6) is 5.75 Å². The lowest BCUT2D eigenvalue weighted by Gasteiger charge is -2.14. The zero-order chi connectivity index (χ0) is 19.1. The Kier molecular flexibility index (Phi) is 7.62. The van der Waals surface area contributed by atoms with Gasteiger partial charge in [-0.3, -0.25) is 14.5 Å². The lowest BCUT2D eigenvalue weighted by atomic mass is 10.2. The van der Waals surface area contributed by atoms with Gasteiger partial charge in [0.1, 0.15) is 29.8 Å². The van der Waals surface area contributed by atoms with E-state index in [-0.39, 0.29) is 12.5 Å². The van der Waals surface area contributed by atoms with Gasteiger partial charge in [0.2, 0.25) is 0 Å². The smallest absolute Gasteiger partial charge is 0.326 e. The second-order valence-electron chi connectivity index (χ2n) is 5.95. The molecule has 2 rings (SSSR count). The summed E-state index contributed by atoms with van der Waals surface area (Å²) in [6.45, 7) is 3.39. The molecule has 0 unspecified atom stereocenters. The number of nitrogens with zero attached hydrogens (tertiary/aromatic N) is 1. The van der Waals surface area contributed by atoms with Gasteiger partial charge in [-0.05, 0) is 30.7 Å². The number of esters is 1. The number of benzene rings is 1. The SMILES string of the molecule is CCOc1ccc(/C=C2\SC(=S)N(CC(=O)OCC[NH+](C)C)C2=O)cc1. The lowest BCUT2D eigenvalue weighted by Crippen LogP contribution is -3.06. The lowest BCUT2D eigenvalue weighted by molar-refractivity contribution is -0.858. The molecule has 1 heterocycles. The van der Waals surface area contributed by atoms with Gasteiger partial charge in [-0.25, -0.2) is 0 Å². The zero-order valence-corrected chi connectivity index (χ0v) is 16.7. The van der Waals surface area contributed by atoms with Gasteiger partial charge >= 0.3 is 5.97 Å². The van der Waals surface area contributed by atoms with Crippen molar-refractivity contribution in [3.63, 3.8) is 0 Å². The molecule has 0 aromatic heterocycles. The molecule has 1 amide bonds. The molecule has 1 aliphatic heterocycles. The van der Waals surface area contributed by atoms with Crippen LogP contribution in [0.4, 0.5) is 0 Å². The van der Waals surface area contributed by atoms with Crippen molar-refractivity contribution in [2.45, 2.75) is 6.92 Å². The molecular weight excluding hydrogens is 372 g/mol. The molecule has 1 N–H and O–H groups in total. The fourth-order valence-corrected chi connectivity index (χ4v) is 3.41. The maximum Gasteiger partial charge on any atom is 0.326 e. The van der Waals surface area contributed by atoms with E-state index in [1.54, 1.807) is 6.08 Å². The minimum Gasteiger partial charge on any atom is -0.494 e. The largest absolute Gasteiger partial charge is 0.494 e. The highest BCUT2D eigenvalue weighted by Crippen LogP contribution is 2.32. The van der Waals surface area contributed by atoms with E-state index >= 15 is 0 Å². The van der Waals surface area contributed by atoms with Crippen molar-refractivity contribution in [2.75, 3.05) is 40.4 Å². The van der Waals surface area contributed by atoms with Gasteiger partial charge in [0.15, 0.2) is 0 Å². The molecule has 0 saturated carbocycles. The Morgan fingerprint density at radius 2 is 2.00 bits per heavy atom. The molecular formula is C18H23N2O4S2+. The minimum absolute atomic E-state index is 0.159. The molecule has 6 nitrogen and oxygen atoms in total. The van der Waals surface area contributed by atoms with E-state index in [2.05, 4.69) is 0 Å². The van der Waals surface area contributed by atoms with Crippen LogP contribution in [-0.2, 0) is 14.3 Å². The van der Waals surface area contributed by atoms with E-state index in [0.717, 1.165) is 11.3 Å². The highest BCUT2D eigenvalue weighted by molar-refractivity contribution is 8.26. The molecule has 1 aromatic rings. The highest BCUT2D eigenvalue weighted by atomic mass is 32.2. The predicted molar refractivity (Wildman–Crippen MR) is 106 cm³/mol. The molecule has 0 spiro atoms. The zero-order valence-electron chi connectivity index (χ0n) is 15.1. The van der Waals surface area contributed by atoms with Crippen LogP contribution in [0.2, 0.25) is 0 Å². The van der Waals surface area contributed by atoms with E-state index in [4.69, 9.17) is 21.7 Å². The maximum absolute atomic E-state index is 12.5. The molecule has 1 fully saturated rings. The molecule has 0 bridgehead atoms. The Labute approximate surface area is 163 Å². The van der Waals surface area contributed by atoms with Gasteiger partial charge in [-0.15, -0.1) is 0 Å². The van der Waals surface area contributed by atoms with Gasteiger partial charge in [-0.1, -0.05) is 36.1 Å². The van der Waals surface area contributed by atoms with Crippen molar-refractivity contribution in [3.8, 4) is 5.75 Å². The van der Waals surface area contributed by atoms with Crippen LogP contribution in [0.25, 0.3) is 6.08 Å². The van der Waals surface area contributed by atoms with Gasteiger partial charge in [0.05, 0.1) is 25.6 Å². The first-order valence-corrected chi connectivity index (χ1v) is 9.56. The Morgan fingerprint density at radius 3 is 2.62 bits per heavy atom. The minimum atomic E-state index is -0.454. The van der Waals surface area contributed by atoms with Crippen molar-refractivity contribution in [2.24, 2.45) is 0 Å². The summed E-state index contributed by atoms with van der Waals surface area (Å²) >= 11 is 6.42. The maximum atomic E-state index is 12.5. The van der Waals surface area contributed by atoms with E-state index in [1.807, 2.05) is 45.3 Å². The molecule has 0 atom stereocenters. The number of hydrogen-bond donors (Lipinski definition) is 1. The Morgan fingerprint density at radius 1 is 1.31 bits per heavy atom. The normalized spacial score (nSPS) is 15.8. The molecule has 1 aromatic carbocycles.